The van der Waals surface area contributed by atoms with Crippen molar-refractivity contribution in [2.45, 2.75) is 19.9 Å². The second kappa shape index (κ2) is 10.1. The fraction of sp³-hybridized carbons (Fsp3) is 0.300. The highest BCUT2D eigenvalue weighted by Crippen LogP contribution is 2.17. The van der Waals surface area contributed by atoms with E-state index in [-0.39, 0.29) is 0 Å². The van der Waals surface area contributed by atoms with Crippen molar-refractivity contribution in [3.63, 3.8) is 0 Å². The molecule has 25 heavy (non-hydrogen) atoms. The van der Waals surface area contributed by atoms with Crippen molar-refractivity contribution in [1.29, 1.82) is 0 Å². The monoisotopic (exact) mass is 338 g/mol. The number of guanidine groups is 1. The van der Waals surface area contributed by atoms with Crippen LogP contribution >= 0.6 is 0 Å². The van der Waals surface area contributed by atoms with E-state index in [1.165, 1.54) is 11.1 Å². The predicted octanol–water partition coefficient (Wildman–Crippen LogP) is 2.86. The molecule has 0 spiro atoms. The van der Waals surface area contributed by atoms with Crippen molar-refractivity contribution in [2.24, 2.45) is 4.99 Å². The van der Waals surface area contributed by atoms with Crippen LogP contribution in [-0.4, -0.2) is 31.1 Å². The van der Waals surface area contributed by atoms with Crippen molar-refractivity contribution in [3.05, 3.63) is 72.1 Å². The molecule has 2 aromatic rings. The first-order chi connectivity index (χ1) is 12.2. The number of hydrogen-bond donors (Lipinski definition) is 2. The van der Waals surface area contributed by atoms with Gasteiger partial charge in [-0.1, -0.05) is 30.9 Å². The van der Waals surface area contributed by atoms with Gasteiger partial charge in [-0.05, 0) is 36.6 Å². The van der Waals surface area contributed by atoms with Gasteiger partial charge in [-0.3, -0.25) is 9.98 Å². The van der Waals surface area contributed by atoms with E-state index in [0.717, 1.165) is 30.2 Å². The lowest BCUT2D eigenvalue weighted by atomic mass is 10.1. The number of nitrogens with zero attached hydrogens (tertiary/aromatic N) is 2. The topological polar surface area (TPSA) is 58.5 Å². The third-order valence-electron chi connectivity index (χ3n) is 3.82. The molecule has 0 saturated heterocycles. The molecule has 1 aromatic carbocycles. The van der Waals surface area contributed by atoms with Crippen LogP contribution in [0.25, 0.3) is 0 Å². The summed E-state index contributed by atoms with van der Waals surface area (Å²) in [7, 11) is 1.77. The number of benzene rings is 1. The Hall–Kier alpha value is -2.82. The van der Waals surface area contributed by atoms with Crippen molar-refractivity contribution in [3.8, 4) is 5.75 Å². The van der Waals surface area contributed by atoms with E-state index in [2.05, 4.69) is 40.2 Å². The lowest BCUT2D eigenvalue weighted by molar-refractivity contribution is 0.358. The summed E-state index contributed by atoms with van der Waals surface area (Å²) in [6.45, 7) is 7.70. The zero-order valence-corrected chi connectivity index (χ0v) is 15.0. The molecule has 0 saturated carbocycles. The Labute approximate surface area is 149 Å². The number of ether oxygens (including phenoxy) is 1. The van der Waals surface area contributed by atoms with Gasteiger partial charge in [-0.2, -0.15) is 0 Å². The molecule has 2 N–H and O–H groups in total. The van der Waals surface area contributed by atoms with Crippen molar-refractivity contribution < 1.29 is 4.74 Å². The maximum absolute atomic E-state index is 5.68. The van der Waals surface area contributed by atoms with E-state index in [1.54, 1.807) is 13.1 Å². The number of nitrogens with one attached hydrogen (secondary N) is 2. The van der Waals surface area contributed by atoms with Gasteiger partial charge < -0.3 is 15.4 Å². The molecule has 0 aliphatic carbocycles. The summed E-state index contributed by atoms with van der Waals surface area (Å²) in [4.78, 5) is 8.40. The van der Waals surface area contributed by atoms with Crippen LogP contribution in [-0.2, 0) is 13.0 Å². The molecule has 0 unspecified atom stereocenters. The van der Waals surface area contributed by atoms with Crippen LogP contribution < -0.4 is 15.4 Å². The van der Waals surface area contributed by atoms with Gasteiger partial charge in [0.25, 0.3) is 0 Å². The molecule has 0 aliphatic rings. The molecule has 0 amide bonds. The van der Waals surface area contributed by atoms with Crippen LogP contribution in [0.1, 0.15) is 16.7 Å². The van der Waals surface area contributed by atoms with Gasteiger partial charge in [0.2, 0.25) is 0 Å². The summed E-state index contributed by atoms with van der Waals surface area (Å²) >= 11 is 0. The fourth-order valence-corrected chi connectivity index (χ4v) is 2.44. The Bertz CT molecular complexity index is 712. The van der Waals surface area contributed by atoms with E-state index in [4.69, 9.17) is 4.74 Å². The number of pyridine rings is 1. The highest BCUT2D eigenvalue weighted by Gasteiger charge is 2.04. The number of rotatable bonds is 8. The normalized spacial score (nSPS) is 11.0. The minimum atomic E-state index is 0.495. The summed E-state index contributed by atoms with van der Waals surface area (Å²) in [5, 5.41) is 6.66. The van der Waals surface area contributed by atoms with Gasteiger partial charge in [0.1, 0.15) is 12.4 Å². The molecule has 5 nitrogen and oxygen atoms in total. The van der Waals surface area contributed by atoms with Gasteiger partial charge in [-0.15, -0.1) is 0 Å². The summed E-state index contributed by atoms with van der Waals surface area (Å²) in [5.41, 5.74) is 3.58. The van der Waals surface area contributed by atoms with E-state index < -0.39 is 0 Å². The van der Waals surface area contributed by atoms with Crippen LogP contribution in [0.5, 0.6) is 5.75 Å². The second-order valence-electron chi connectivity index (χ2n) is 5.61. The molecule has 0 bridgehead atoms. The molecule has 1 heterocycles. The lowest BCUT2D eigenvalue weighted by Gasteiger charge is -2.14. The lowest BCUT2D eigenvalue weighted by Crippen LogP contribution is -2.38. The van der Waals surface area contributed by atoms with Crippen LogP contribution in [0.15, 0.2) is 60.4 Å². The van der Waals surface area contributed by atoms with Gasteiger partial charge in [0, 0.05) is 38.1 Å². The van der Waals surface area contributed by atoms with Crippen LogP contribution in [0, 0.1) is 6.92 Å². The smallest absolute Gasteiger partial charge is 0.191 e. The number of aliphatic imine (C=N–C) groups is 1. The van der Waals surface area contributed by atoms with Gasteiger partial charge in [0.15, 0.2) is 5.96 Å². The van der Waals surface area contributed by atoms with E-state index >= 15 is 0 Å². The van der Waals surface area contributed by atoms with E-state index in [0.29, 0.717) is 13.2 Å². The molecule has 5 heteroatoms. The van der Waals surface area contributed by atoms with Crippen LogP contribution in [0.2, 0.25) is 0 Å². The zero-order valence-electron chi connectivity index (χ0n) is 15.0. The van der Waals surface area contributed by atoms with Gasteiger partial charge >= 0.3 is 0 Å². The van der Waals surface area contributed by atoms with Crippen molar-refractivity contribution in [2.75, 3.05) is 20.2 Å². The number of hydrogen-bond acceptors (Lipinski definition) is 3. The number of aromatic nitrogens is 1. The molecule has 0 fully saturated rings. The third kappa shape index (κ3) is 5.95. The first-order valence-corrected chi connectivity index (χ1v) is 8.40. The minimum absolute atomic E-state index is 0.495. The summed E-state index contributed by atoms with van der Waals surface area (Å²) in [6.07, 6.45) is 6.39. The van der Waals surface area contributed by atoms with Gasteiger partial charge in [0.05, 0.1) is 0 Å². The molecular weight excluding hydrogens is 312 g/mol. The standard InChI is InChI=1S/C20H26N4O/c1-4-13-25-19-8-6-5-7-18(19)15-24-20(21-3)23-12-10-17-9-11-22-14-16(17)2/h4-9,11,14H,1,10,12-13,15H2,2-3H3,(H2,21,23,24). The van der Waals surface area contributed by atoms with Crippen LogP contribution in [0.4, 0.5) is 0 Å². The Morgan fingerprint density at radius 1 is 1.24 bits per heavy atom. The molecular formula is C20H26N4O. The first kappa shape index (κ1) is 18.5. The SMILES string of the molecule is C=CCOc1ccccc1CNC(=NC)NCCc1ccncc1C. The maximum Gasteiger partial charge on any atom is 0.191 e. The van der Waals surface area contributed by atoms with Gasteiger partial charge in [-0.25, -0.2) is 0 Å². The predicted molar refractivity (Wildman–Crippen MR) is 103 cm³/mol. The number of aryl methyl sites for hydroxylation is 1. The highest BCUT2D eigenvalue weighted by molar-refractivity contribution is 5.79. The fourth-order valence-electron chi connectivity index (χ4n) is 2.44. The molecule has 132 valence electrons. The summed E-state index contributed by atoms with van der Waals surface area (Å²) in [6, 6.07) is 10.0. The third-order valence-corrected chi connectivity index (χ3v) is 3.82. The molecule has 0 aliphatic heterocycles. The molecule has 0 radical (unpaired) electrons. The average Bonchev–Trinajstić information content (AvgIpc) is 2.65. The van der Waals surface area contributed by atoms with Crippen molar-refractivity contribution in [1.82, 2.24) is 15.6 Å². The van der Waals surface area contributed by atoms with Crippen molar-refractivity contribution >= 4 is 5.96 Å². The molecule has 0 atom stereocenters. The Morgan fingerprint density at radius 3 is 2.84 bits per heavy atom. The van der Waals surface area contributed by atoms with E-state index in [1.807, 2.05) is 36.7 Å². The van der Waals surface area contributed by atoms with Crippen LogP contribution in [0.3, 0.4) is 0 Å². The summed E-state index contributed by atoms with van der Waals surface area (Å²) < 4.78 is 5.68. The average molecular weight is 338 g/mol. The largest absolute Gasteiger partial charge is 0.489 e. The quantitative estimate of drug-likeness (QED) is 0.441. The highest BCUT2D eigenvalue weighted by atomic mass is 16.5. The maximum atomic E-state index is 5.68. The Morgan fingerprint density at radius 2 is 2.08 bits per heavy atom. The zero-order chi connectivity index (χ0) is 17.9. The number of para-hydroxylation sites is 1. The van der Waals surface area contributed by atoms with E-state index in [9.17, 15) is 0 Å². The Balaban J connectivity index is 1.84. The second-order valence-corrected chi connectivity index (χ2v) is 5.61. The summed E-state index contributed by atoms with van der Waals surface area (Å²) in [5.74, 6) is 1.63. The molecule has 1 aromatic heterocycles. The Kier molecular flexibility index (Phi) is 7.50. The molecule has 2 rings (SSSR count). The minimum Gasteiger partial charge on any atom is -0.489 e. The first-order valence-electron chi connectivity index (χ1n) is 8.40.